The van der Waals surface area contributed by atoms with E-state index in [2.05, 4.69) is 39.8 Å². The average Bonchev–Trinajstić information content (AvgIpc) is 2.55. The Hall–Kier alpha value is -1.35. The molecule has 0 bridgehead atoms. The highest BCUT2D eigenvalue weighted by atomic mass is 16.3. The molecule has 1 aliphatic heterocycles. The van der Waals surface area contributed by atoms with Crippen molar-refractivity contribution in [2.45, 2.75) is 52.9 Å². The monoisotopic (exact) mass is 331 g/mol. The van der Waals surface area contributed by atoms with Gasteiger partial charge in [0.1, 0.15) is 0 Å². The van der Waals surface area contributed by atoms with Crippen LogP contribution in [0.25, 0.3) is 0 Å². The smallest absolute Gasteiger partial charge is 0.253 e. The fourth-order valence-electron chi connectivity index (χ4n) is 3.88. The lowest BCUT2D eigenvalue weighted by molar-refractivity contribution is 0.0526. The molecule has 1 aliphatic rings. The van der Waals surface area contributed by atoms with E-state index in [4.69, 9.17) is 0 Å². The summed E-state index contributed by atoms with van der Waals surface area (Å²) in [5.41, 5.74) is 2.06. The van der Waals surface area contributed by atoms with Crippen LogP contribution in [-0.2, 0) is 0 Å². The molecule has 3 heteroatoms. The van der Waals surface area contributed by atoms with Gasteiger partial charge in [-0.2, -0.15) is 0 Å². The Bertz CT molecular complexity index is 521. The molecule has 1 aromatic rings. The molecule has 3 nitrogen and oxygen atoms in total. The zero-order valence-corrected chi connectivity index (χ0v) is 15.7. The molecule has 1 amide bonds. The van der Waals surface area contributed by atoms with E-state index in [0.29, 0.717) is 23.7 Å². The fourth-order valence-corrected chi connectivity index (χ4v) is 3.88. The van der Waals surface area contributed by atoms with E-state index in [1.54, 1.807) is 0 Å². The molecule has 0 aliphatic carbocycles. The van der Waals surface area contributed by atoms with Gasteiger partial charge in [-0.15, -0.1) is 0 Å². The largest absolute Gasteiger partial charge is 0.396 e. The molecule has 134 valence electrons. The van der Waals surface area contributed by atoms with Crippen molar-refractivity contribution >= 4 is 5.91 Å². The molecule has 24 heavy (non-hydrogen) atoms. The van der Waals surface area contributed by atoms with Gasteiger partial charge in [0.25, 0.3) is 5.91 Å². The zero-order chi connectivity index (χ0) is 17.7. The van der Waals surface area contributed by atoms with Crippen LogP contribution in [0.2, 0.25) is 0 Å². The van der Waals surface area contributed by atoms with E-state index in [0.717, 1.165) is 37.9 Å². The lowest BCUT2D eigenvalue weighted by atomic mass is 9.78. The van der Waals surface area contributed by atoms with Crippen LogP contribution in [0.15, 0.2) is 24.3 Å². The molecular formula is C21H33NO2. The molecule has 1 aromatic carbocycles. The van der Waals surface area contributed by atoms with Gasteiger partial charge >= 0.3 is 0 Å². The van der Waals surface area contributed by atoms with Crippen LogP contribution >= 0.6 is 0 Å². The first-order valence-electron chi connectivity index (χ1n) is 9.42. The number of carbonyl (C=O) groups excluding carboxylic acids is 1. The van der Waals surface area contributed by atoms with Crippen LogP contribution in [0.4, 0.5) is 0 Å². The molecule has 2 atom stereocenters. The molecule has 0 saturated carbocycles. The summed E-state index contributed by atoms with van der Waals surface area (Å²) in [6.45, 7) is 10.7. The van der Waals surface area contributed by atoms with Crippen LogP contribution < -0.4 is 0 Å². The number of carbonyl (C=O) groups is 1. The van der Waals surface area contributed by atoms with Crippen molar-refractivity contribution in [3.8, 4) is 0 Å². The van der Waals surface area contributed by atoms with Gasteiger partial charge in [-0.05, 0) is 60.6 Å². The topological polar surface area (TPSA) is 40.5 Å². The highest BCUT2D eigenvalue weighted by Gasteiger charge is 2.31. The summed E-state index contributed by atoms with van der Waals surface area (Å²) < 4.78 is 0. The van der Waals surface area contributed by atoms with Gasteiger partial charge < -0.3 is 10.0 Å². The summed E-state index contributed by atoms with van der Waals surface area (Å²) in [6.07, 6.45) is 3.00. The van der Waals surface area contributed by atoms with Crippen LogP contribution in [0.1, 0.15) is 68.8 Å². The third-order valence-electron chi connectivity index (χ3n) is 5.28. The first kappa shape index (κ1) is 19.0. The molecule has 2 unspecified atom stereocenters. The van der Waals surface area contributed by atoms with Crippen molar-refractivity contribution in [2.24, 2.45) is 17.8 Å². The normalized spacial score (nSPS) is 21.5. The maximum atomic E-state index is 12.9. The lowest BCUT2D eigenvalue weighted by Gasteiger charge is -2.39. The van der Waals surface area contributed by atoms with Crippen molar-refractivity contribution in [3.63, 3.8) is 0 Å². The molecule has 1 saturated heterocycles. The van der Waals surface area contributed by atoms with Gasteiger partial charge in [-0.25, -0.2) is 0 Å². The number of nitrogens with zero attached hydrogens (tertiary/aromatic N) is 1. The number of rotatable bonds is 6. The van der Waals surface area contributed by atoms with Gasteiger partial charge in [-0.3, -0.25) is 4.79 Å². The van der Waals surface area contributed by atoms with Crippen LogP contribution in [0, 0.1) is 17.8 Å². The Morgan fingerprint density at radius 3 is 2.38 bits per heavy atom. The van der Waals surface area contributed by atoms with Crippen molar-refractivity contribution < 1.29 is 9.90 Å². The predicted molar refractivity (Wildman–Crippen MR) is 99.2 cm³/mol. The van der Waals surface area contributed by atoms with Crippen LogP contribution in [-0.4, -0.2) is 35.6 Å². The SMILES string of the molecule is CC(C)CC1CN(C(=O)c2ccc(C(C)C)cc2)CCC1CCO. The van der Waals surface area contributed by atoms with E-state index in [-0.39, 0.29) is 12.5 Å². The predicted octanol–water partition coefficient (Wildman–Crippen LogP) is 4.32. The summed E-state index contributed by atoms with van der Waals surface area (Å²) in [7, 11) is 0. The highest BCUT2D eigenvalue weighted by molar-refractivity contribution is 5.94. The van der Waals surface area contributed by atoms with Crippen molar-refractivity contribution in [3.05, 3.63) is 35.4 Å². The number of benzene rings is 1. The molecule has 2 rings (SSSR count). The number of amides is 1. The minimum atomic E-state index is 0.154. The van der Waals surface area contributed by atoms with Gasteiger partial charge in [-0.1, -0.05) is 39.8 Å². The summed E-state index contributed by atoms with van der Waals surface area (Å²) in [5.74, 6) is 2.31. The highest BCUT2D eigenvalue weighted by Crippen LogP contribution is 2.32. The third kappa shape index (κ3) is 4.83. The maximum Gasteiger partial charge on any atom is 0.253 e. The lowest BCUT2D eigenvalue weighted by Crippen LogP contribution is -2.44. The van der Waals surface area contributed by atoms with E-state index in [1.165, 1.54) is 5.56 Å². The number of aliphatic hydroxyl groups excluding tert-OH is 1. The van der Waals surface area contributed by atoms with Crippen molar-refractivity contribution in [1.82, 2.24) is 4.90 Å². The quantitative estimate of drug-likeness (QED) is 0.843. The Labute approximate surface area is 147 Å². The van der Waals surface area contributed by atoms with Gasteiger partial charge in [0.2, 0.25) is 0 Å². The van der Waals surface area contributed by atoms with E-state index < -0.39 is 0 Å². The number of hydrogen-bond acceptors (Lipinski definition) is 2. The van der Waals surface area contributed by atoms with E-state index >= 15 is 0 Å². The zero-order valence-electron chi connectivity index (χ0n) is 15.7. The second-order valence-electron chi connectivity index (χ2n) is 7.98. The summed E-state index contributed by atoms with van der Waals surface area (Å²) in [5, 5.41) is 9.31. The summed E-state index contributed by atoms with van der Waals surface area (Å²) >= 11 is 0. The first-order chi connectivity index (χ1) is 11.4. The first-order valence-corrected chi connectivity index (χ1v) is 9.42. The Morgan fingerprint density at radius 2 is 1.83 bits per heavy atom. The van der Waals surface area contributed by atoms with Gasteiger partial charge in [0.05, 0.1) is 0 Å². The molecule has 1 N–H and O–H groups in total. The molecule has 1 fully saturated rings. The van der Waals surface area contributed by atoms with Crippen LogP contribution in [0.5, 0.6) is 0 Å². The van der Waals surface area contributed by atoms with Crippen molar-refractivity contribution in [1.29, 1.82) is 0 Å². The summed E-state index contributed by atoms with van der Waals surface area (Å²) in [4.78, 5) is 14.9. The molecule has 0 radical (unpaired) electrons. The fraction of sp³-hybridized carbons (Fsp3) is 0.667. The number of aliphatic hydroxyl groups is 1. The average molecular weight is 332 g/mol. The minimum Gasteiger partial charge on any atom is -0.396 e. The van der Waals surface area contributed by atoms with E-state index in [9.17, 15) is 9.90 Å². The molecule has 0 aromatic heterocycles. The van der Waals surface area contributed by atoms with Gasteiger partial charge in [0.15, 0.2) is 0 Å². The standard InChI is InChI=1S/C21H33NO2/c1-15(2)13-20-14-22(11-9-18(20)10-12-23)21(24)19-7-5-17(6-8-19)16(3)4/h5-8,15-16,18,20,23H,9-14H2,1-4H3. The minimum absolute atomic E-state index is 0.154. The summed E-state index contributed by atoms with van der Waals surface area (Å²) in [6, 6.07) is 8.08. The Kier molecular flexibility index (Phi) is 6.85. The molecular weight excluding hydrogens is 298 g/mol. The number of piperidine rings is 1. The second kappa shape index (κ2) is 8.66. The second-order valence-corrected chi connectivity index (χ2v) is 7.98. The Balaban J connectivity index is 2.06. The molecule has 0 spiro atoms. The van der Waals surface area contributed by atoms with Crippen molar-refractivity contribution in [2.75, 3.05) is 19.7 Å². The number of hydrogen-bond donors (Lipinski definition) is 1. The third-order valence-corrected chi connectivity index (χ3v) is 5.28. The van der Waals surface area contributed by atoms with Gasteiger partial charge in [0, 0.05) is 25.3 Å². The maximum absolute atomic E-state index is 12.9. The number of likely N-dealkylation sites (tertiary alicyclic amines) is 1. The molecule has 1 heterocycles. The van der Waals surface area contributed by atoms with Crippen LogP contribution in [0.3, 0.4) is 0 Å². The Morgan fingerprint density at radius 1 is 1.17 bits per heavy atom. The van der Waals surface area contributed by atoms with E-state index in [1.807, 2.05) is 17.0 Å².